The largest absolute Gasteiger partial charge is 0.492 e. The van der Waals surface area contributed by atoms with E-state index >= 15 is 0 Å². The first-order valence-corrected chi connectivity index (χ1v) is 10.8. The highest BCUT2D eigenvalue weighted by molar-refractivity contribution is 5.79. The number of carbonyl (C=O) groups excluding carboxylic acids is 1. The lowest BCUT2D eigenvalue weighted by Gasteiger charge is -2.39. The zero-order valence-electron chi connectivity index (χ0n) is 17.1. The smallest absolute Gasteiger partial charge is 0.223 e. The van der Waals surface area contributed by atoms with Crippen LogP contribution in [0.2, 0.25) is 0 Å². The minimum atomic E-state index is -0.234. The molecule has 0 aromatic heterocycles. The van der Waals surface area contributed by atoms with Gasteiger partial charge in [0.15, 0.2) is 0 Å². The third-order valence-corrected chi connectivity index (χ3v) is 7.54. The molecule has 4 heteroatoms. The number of halogens is 1. The highest BCUT2D eigenvalue weighted by atomic mass is 19.1. The van der Waals surface area contributed by atoms with Gasteiger partial charge in [0.25, 0.3) is 0 Å². The number of nitrogens with one attached hydrogen (secondary N) is 1. The average Bonchev–Trinajstić information content (AvgIpc) is 3.05. The third kappa shape index (κ3) is 3.13. The molecule has 0 saturated heterocycles. The summed E-state index contributed by atoms with van der Waals surface area (Å²) >= 11 is 0. The van der Waals surface area contributed by atoms with Crippen molar-refractivity contribution >= 4 is 5.91 Å². The zero-order valence-corrected chi connectivity index (χ0v) is 17.1. The monoisotopic (exact) mass is 393 g/mol. The summed E-state index contributed by atoms with van der Waals surface area (Å²) in [6.07, 6.45) is 5.03. The van der Waals surface area contributed by atoms with E-state index in [0.29, 0.717) is 5.92 Å². The predicted molar refractivity (Wildman–Crippen MR) is 110 cm³/mol. The van der Waals surface area contributed by atoms with Gasteiger partial charge >= 0.3 is 0 Å². The van der Waals surface area contributed by atoms with Crippen LogP contribution in [0.4, 0.5) is 4.39 Å². The van der Waals surface area contributed by atoms with Crippen LogP contribution in [0.15, 0.2) is 36.4 Å². The number of hydrogen-bond donors (Lipinski definition) is 1. The van der Waals surface area contributed by atoms with E-state index in [1.807, 2.05) is 13.0 Å². The molecule has 0 bridgehead atoms. The highest BCUT2D eigenvalue weighted by Crippen LogP contribution is 2.50. The van der Waals surface area contributed by atoms with E-state index in [-0.39, 0.29) is 29.1 Å². The van der Waals surface area contributed by atoms with Gasteiger partial charge in [-0.25, -0.2) is 4.39 Å². The SMILES string of the molecule is Cc1ccc2c(c1)OCC21CCC([C@H](C)C(=O)N[C@H]2Cc3ccc(F)cc32)CC1. The van der Waals surface area contributed by atoms with Gasteiger partial charge in [-0.1, -0.05) is 25.1 Å². The topological polar surface area (TPSA) is 38.3 Å². The molecule has 1 fully saturated rings. The molecule has 29 heavy (non-hydrogen) atoms. The van der Waals surface area contributed by atoms with Crippen molar-refractivity contribution in [3.8, 4) is 5.75 Å². The summed E-state index contributed by atoms with van der Waals surface area (Å²) < 4.78 is 19.5. The second-order valence-electron chi connectivity index (χ2n) is 9.30. The van der Waals surface area contributed by atoms with Crippen molar-refractivity contribution in [2.75, 3.05) is 6.61 Å². The van der Waals surface area contributed by atoms with Crippen LogP contribution in [0.1, 0.15) is 60.9 Å². The number of hydrogen-bond acceptors (Lipinski definition) is 2. The summed E-state index contributed by atoms with van der Waals surface area (Å²) in [5.41, 5.74) is 4.78. The summed E-state index contributed by atoms with van der Waals surface area (Å²) in [7, 11) is 0. The number of fused-ring (bicyclic) bond motifs is 3. The Morgan fingerprint density at radius 3 is 2.79 bits per heavy atom. The lowest BCUT2D eigenvalue weighted by atomic mass is 9.65. The summed E-state index contributed by atoms with van der Waals surface area (Å²) in [5.74, 6) is 1.28. The quantitative estimate of drug-likeness (QED) is 0.797. The average molecular weight is 394 g/mol. The molecular formula is C25H28FNO2. The van der Waals surface area contributed by atoms with Gasteiger partial charge in [-0.15, -0.1) is 0 Å². The molecule has 1 amide bonds. The molecule has 1 spiro atoms. The van der Waals surface area contributed by atoms with Crippen LogP contribution in [0, 0.1) is 24.6 Å². The Bertz CT molecular complexity index is 961. The molecule has 3 nitrogen and oxygen atoms in total. The fraction of sp³-hybridized carbons (Fsp3) is 0.480. The van der Waals surface area contributed by atoms with Gasteiger partial charge in [-0.2, -0.15) is 0 Å². The number of ether oxygens (including phenoxy) is 1. The molecule has 152 valence electrons. The number of benzene rings is 2. The standard InChI is InChI=1S/C25H28FNO2/c1-15-3-6-21-23(11-15)29-14-25(21)9-7-17(8-10-25)16(2)24(28)27-22-12-18-4-5-19(26)13-20(18)22/h3-6,11,13,16-17,22H,7-10,12,14H2,1-2H3,(H,27,28)/t16-,17?,22-,25?/m0/s1. The van der Waals surface area contributed by atoms with E-state index in [9.17, 15) is 9.18 Å². The van der Waals surface area contributed by atoms with Crippen molar-refractivity contribution in [2.24, 2.45) is 11.8 Å². The molecule has 3 aliphatic rings. The first kappa shape index (κ1) is 18.7. The van der Waals surface area contributed by atoms with Gasteiger partial charge in [0.1, 0.15) is 11.6 Å². The van der Waals surface area contributed by atoms with Crippen LogP contribution in [0.5, 0.6) is 5.75 Å². The Hall–Kier alpha value is -2.36. The fourth-order valence-corrected chi connectivity index (χ4v) is 5.51. The molecular weight excluding hydrogens is 365 g/mol. The molecule has 1 heterocycles. The molecule has 5 rings (SSSR count). The Morgan fingerprint density at radius 2 is 2.00 bits per heavy atom. The molecule has 2 aliphatic carbocycles. The molecule has 2 aromatic rings. The van der Waals surface area contributed by atoms with Crippen LogP contribution in [0.25, 0.3) is 0 Å². The number of rotatable bonds is 3. The van der Waals surface area contributed by atoms with E-state index in [0.717, 1.165) is 55.6 Å². The zero-order chi connectivity index (χ0) is 20.2. The van der Waals surface area contributed by atoms with Gasteiger partial charge in [0.05, 0.1) is 12.6 Å². The van der Waals surface area contributed by atoms with Crippen LogP contribution in [-0.4, -0.2) is 12.5 Å². The lowest BCUT2D eigenvalue weighted by Crippen LogP contribution is -2.42. The normalized spacial score (nSPS) is 28.1. The summed E-state index contributed by atoms with van der Waals surface area (Å²) in [6.45, 7) is 4.91. The third-order valence-electron chi connectivity index (χ3n) is 7.54. The number of amides is 1. The molecule has 2 atom stereocenters. The predicted octanol–water partition coefficient (Wildman–Crippen LogP) is 5.00. The Morgan fingerprint density at radius 1 is 1.21 bits per heavy atom. The van der Waals surface area contributed by atoms with Crippen molar-refractivity contribution < 1.29 is 13.9 Å². The van der Waals surface area contributed by atoms with Gasteiger partial charge in [0.2, 0.25) is 5.91 Å². The van der Waals surface area contributed by atoms with E-state index in [4.69, 9.17) is 4.74 Å². The minimum absolute atomic E-state index is 0.0234. The van der Waals surface area contributed by atoms with Crippen molar-refractivity contribution in [3.05, 3.63) is 64.5 Å². The fourth-order valence-electron chi connectivity index (χ4n) is 5.51. The highest BCUT2D eigenvalue weighted by Gasteiger charge is 2.45. The summed E-state index contributed by atoms with van der Waals surface area (Å²) in [5, 5.41) is 3.15. The van der Waals surface area contributed by atoms with Crippen molar-refractivity contribution in [3.63, 3.8) is 0 Å². The Kier molecular flexibility index (Phi) is 4.41. The molecule has 2 aromatic carbocycles. The second-order valence-corrected chi connectivity index (χ2v) is 9.30. The summed E-state index contributed by atoms with van der Waals surface area (Å²) in [6, 6.07) is 11.4. The number of carbonyl (C=O) groups is 1. The maximum Gasteiger partial charge on any atom is 0.223 e. The van der Waals surface area contributed by atoms with Crippen molar-refractivity contribution in [1.29, 1.82) is 0 Å². The molecule has 1 saturated carbocycles. The van der Waals surface area contributed by atoms with Gasteiger partial charge in [0, 0.05) is 16.9 Å². The van der Waals surface area contributed by atoms with Gasteiger partial charge < -0.3 is 10.1 Å². The maximum absolute atomic E-state index is 13.5. The molecule has 1 N–H and O–H groups in total. The van der Waals surface area contributed by atoms with Crippen LogP contribution in [-0.2, 0) is 16.6 Å². The molecule has 0 unspecified atom stereocenters. The van der Waals surface area contributed by atoms with Crippen molar-refractivity contribution in [2.45, 2.75) is 57.4 Å². The van der Waals surface area contributed by atoms with Gasteiger partial charge in [-0.3, -0.25) is 4.79 Å². The lowest BCUT2D eigenvalue weighted by molar-refractivity contribution is -0.127. The van der Waals surface area contributed by atoms with Crippen LogP contribution >= 0.6 is 0 Å². The van der Waals surface area contributed by atoms with E-state index in [2.05, 4.69) is 30.4 Å². The molecule has 0 radical (unpaired) electrons. The first-order valence-electron chi connectivity index (χ1n) is 10.8. The van der Waals surface area contributed by atoms with E-state index in [1.165, 1.54) is 17.2 Å². The Balaban J connectivity index is 1.21. The maximum atomic E-state index is 13.5. The Labute approximate surface area is 171 Å². The van der Waals surface area contributed by atoms with Crippen LogP contribution in [0.3, 0.4) is 0 Å². The second kappa shape index (κ2) is 6.86. The van der Waals surface area contributed by atoms with Crippen molar-refractivity contribution in [1.82, 2.24) is 5.32 Å². The molecule has 1 aliphatic heterocycles. The minimum Gasteiger partial charge on any atom is -0.492 e. The van der Waals surface area contributed by atoms with Crippen LogP contribution < -0.4 is 10.1 Å². The first-order chi connectivity index (χ1) is 13.9. The van der Waals surface area contributed by atoms with E-state index in [1.54, 1.807) is 6.07 Å². The van der Waals surface area contributed by atoms with E-state index < -0.39 is 0 Å². The van der Waals surface area contributed by atoms with Gasteiger partial charge in [-0.05, 0) is 79.8 Å². The number of aryl methyl sites for hydroxylation is 1. The summed E-state index contributed by atoms with van der Waals surface area (Å²) in [4.78, 5) is 12.9.